The van der Waals surface area contributed by atoms with Crippen molar-refractivity contribution in [1.29, 1.82) is 0 Å². The van der Waals surface area contributed by atoms with Crippen LogP contribution in [-0.4, -0.2) is 28.0 Å². The van der Waals surface area contributed by atoms with Gasteiger partial charge in [0, 0.05) is 19.0 Å². The average molecular weight is 263 g/mol. The van der Waals surface area contributed by atoms with E-state index in [4.69, 9.17) is 4.74 Å². The number of hydrogen-bond acceptors (Lipinski definition) is 3. The van der Waals surface area contributed by atoms with E-state index in [-0.39, 0.29) is 17.8 Å². The summed E-state index contributed by atoms with van der Waals surface area (Å²) in [6.45, 7) is 0.966. The van der Waals surface area contributed by atoms with Gasteiger partial charge in [-0.2, -0.15) is 0 Å². The molecule has 0 saturated carbocycles. The maximum absolute atomic E-state index is 13.0. The minimum absolute atomic E-state index is 0.110. The second kappa shape index (κ2) is 4.97. The zero-order chi connectivity index (χ0) is 13.2. The Hall–Kier alpha value is -1.95. The zero-order valence-corrected chi connectivity index (χ0v) is 10.3. The van der Waals surface area contributed by atoms with Crippen molar-refractivity contribution in [2.24, 2.45) is 0 Å². The van der Waals surface area contributed by atoms with E-state index in [2.05, 4.69) is 10.3 Å². The van der Waals surface area contributed by atoms with Gasteiger partial charge in [0.2, 0.25) is 5.91 Å². The van der Waals surface area contributed by atoms with E-state index < -0.39 is 0 Å². The van der Waals surface area contributed by atoms with Gasteiger partial charge in [-0.25, -0.2) is 9.37 Å². The van der Waals surface area contributed by atoms with Crippen molar-refractivity contribution in [2.75, 3.05) is 6.61 Å². The third kappa shape index (κ3) is 2.58. The van der Waals surface area contributed by atoms with E-state index in [1.54, 1.807) is 16.7 Å². The standard InChI is InChI=1S/C13H14FN3O2/c14-9-3-4-12-16-10(8-17(12)7-9)6-15-13(18)11-2-1-5-19-11/h3-4,7-8,11H,1-2,5-6H2,(H,15,18). The molecule has 0 aliphatic carbocycles. The molecule has 0 spiro atoms. The number of hydrogen-bond donors (Lipinski definition) is 1. The Morgan fingerprint density at radius 3 is 3.21 bits per heavy atom. The predicted molar refractivity (Wildman–Crippen MR) is 66.0 cm³/mol. The van der Waals surface area contributed by atoms with Gasteiger partial charge in [-0.1, -0.05) is 0 Å². The zero-order valence-electron chi connectivity index (χ0n) is 10.3. The van der Waals surface area contributed by atoms with Gasteiger partial charge in [0.05, 0.1) is 12.2 Å². The molecule has 1 saturated heterocycles. The van der Waals surface area contributed by atoms with Crippen LogP contribution in [0.5, 0.6) is 0 Å². The first kappa shape index (κ1) is 12.1. The Morgan fingerprint density at radius 1 is 1.53 bits per heavy atom. The number of fused-ring (bicyclic) bond motifs is 1. The van der Waals surface area contributed by atoms with E-state index in [0.29, 0.717) is 24.5 Å². The number of rotatable bonds is 3. The summed E-state index contributed by atoms with van der Waals surface area (Å²) < 4.78 is 19.9. The summed E-state index contributed by atoms with van der Waals surface area (Å²) in [4.78, 5) is 16.1. The molecule has 2 aromatic rings. The van der Waals surface area contributed by atoms with Crippen LogP contribution in [0.3, 0.4) is 0 Å². The molecule has 1 atom stereocenters. The molecule has 1 amide bonds. The van der Waals surface area contributed by atoms with Crippen LogP contribution in [0.15, 0.2) is 24.5 Å². The molecule has 1 N–H and O–H groups in total. The summed E-state index contributed by atoms with van der Waals surface area (Å²) >= 11 is 0. The molecule has 3 rings (SSSR count). The molecular weight excluding hydrogens is 249 g/mol. The van der Waals surface area contributed by atoms with E-state index in [1.807, 2.05) is 0 Å². The molecule has 0 aromatic carbocycles. The molecule has 1 fully saturated rings. The molecule has 1 aliphatic rings. The molecule has 1 aliphatic heterocycles. The summed E-state index contributed by atoms with van der Waals surface area (Å²) in [6.07, 6.45) is 4.41. The number of halogens is 1. The number of nitrogens with one attached hydrogen (secondary N) is 1. The quantitative estimate of drug-likeness (QED) is 0.907. The normalized spacial score (nSPS) is 18.9. The minimum Gasteiger partial charge on any atom is -0.368 e. The summed E-state index contributed by atoms with van der Waals surface area (Å²) in [5.41, 5.74) is 1.35. The third-order valence-corrected chi connectivity index (χ3v) is 3.13. The SMILES string of the molecule is O=C(NCc1cn2cc(F)ccc2n1)C1CCCO1. The van der Waals surface area contributed by atoms with Crippen LogP contribution < -0.4 is 5.32 Å². The van der Waals surface area contributed by atoms with Crippen LogP contribution >= 0.6 is 0 Å². The molecule has 19 heavy (non-hydrogen) atoms. The molecule has 3 heterocycles. The highest BCUT2D eigenvalue weighted by Crippen LogP contribution is 2.12. The van der Waals surface area contributed by atoms with Crippen molar-refractivity contribution >= 4 is 11.6 Å². The largest absolute Gasteiger partial charge is 0.368 e. The van der Waals surface area contributed by atoms with Crippen LogP contribution in [0.25, 0.3) is 5.65 Å². The third-order valence-electron chi connectivity index (χ3n) is 3.13. The highest BCUT2D eigenvalue weighted by molar-refractivity contribution is 5.80. The first-order chi connectivity index (χ1) is 9.22. The number of imidazole rings is 1. The van der Waals surface area contributed by atoms with Crippen molar-refractivity contribution in [3.05, 3.63) is 36.0 Å². The van der Waals surface area contributed by atoms with E-state index in [1.165, 1.54) is 12.3 Å². The van der Waals surface area contributed by atoms with Gasteiger partial charge in [-0.15, -0.1) is 0 Å². The number of carbonyl (C=O) groups is 1. The maximum Gasteiger partial charge on any atom is 0.249 e. The molecule has 6 heteroatoms. The Bertz CT molecular complexity index is 605. The minimum atomic E-state index is -0.338. The Balaban J connectivity index is 1.66. The van der Waals surface area contributed by atoms with Crippen LogP contribution in [0, 0.1) is 5.82 Å². The van der Waals surface area contributed by atoms with E-state index in [0.717, 1.165) is 12.8 Å². The topological polar surface area (TPSA) is 55.6 Å². The molecular formula is C13H14FN3O2. The van der Waals surface area contributed by atoms with Crippen molar-refractivity contribution in [2.45, 2.75) is 25.5 Å². The lowest BCUT2D eigenvalue weighted by atomic mass is 10.2. The van der Waals surface area contributed by atoms with Crippen LogP contribution in [0.4, 0.5) is 4.39 Å². The van der Waals surface area contributed by atoms with Gasteiger partial charge in [0.15, 0.2) is 0 Å². The van der Waals surface area contributed by atoms with E-state index in [9.17, 15) is 9.18 Å². The van der Waals surface area contributed by atoms with Crippen LogP contribution in [-0.2, 0) is 16.1 Å². The number of amides is 1. The Morgan fingerprint density at radius 2 is 2.42 bits per heavy atom. The number of carbonyl (C=O) groups excluding carboxylic acids is 1. The fraction of sp³-hybridized carbons (Fsp3) is 0.385. The second-order valence-corrected chi connectivity index (χ2v) is 4.56. The monoisotopic (exact) mass is 263 g/mol. The summed E-state index contributed by atoms with van der Waals surface area (Å²) in [5, 5.41) is 2.78. The Labute approximate surface area is 109 Å². The average Bonchev–Trinajstić information content (AvgIpc) is 3.04. The molecule has 5 nitrogen and oxygen atoms in total. The molecule has 1 unspecified atom stereocenters. The first-order valence-electron chi connectivity index (χ1n) is 6.25. The number of nitrogens with zero attached hydrogens (tertiary/aromatic N) is 2. The van der Waals surface area contributed by atoms with Gasteiger partial charge >= 0.3 is 0 Å². The number of aromatic nitrogens is 2. The molecule has 0 radical (unpaired) electrons. The smallest absolute Gasteiger partial charge is 0.249 e. The molecule has 2 aromatic heterocycles. The van der Waals surface area contributed by atoms with Gasteiger partial charge in [-0.05, 0) is 25.0 Å². The fourth-order valence-electron chi connectivity index (χ4n) is 2.18. The predicted octanol–water partition coefficient (Wildman–Crippen LogP) is 1.27. The molecule has 0 bridgehead atoms. The second-order valence-electron chi connectivity index (χ2n) is 4.56. The maximum atomic E-state index is 13.0. The van der Waals surface area contributed by atoms with E-state index >= 15 is 0 Å². The van der Waals surface area contributed by atoms with Crippen LogP contribution in [0.2, 0.25) is 0 Å². The highest BCUT2D eigenvalue weighted by Gasteiger charge is 2.23. The summed E-state index contributed by atoms with van der Waals surface area (Å²) in [7, 11) is 0. The summed E-state index contributed by atoms with van der Waals surface area (Å²) in [6, 6.07) is 2.96. The van der Waals surface area contributed by atoms with Gasteiger partial charge < -0.3 is 14.5 Å². The van der Waals surface area contributed by atoms with Crippen molar-refractivity contribution in [3.8, 4) is 0 Å². The van der Waals surface area contributed by atoms with Crippen molar-refractivity contribution in [1.82, 2.24) is 14.7 Å². The van der Waals surface area contributed by atoms with Gasteiger partial charge in [-0.3, -0.25) is 4.79 Å². The van der Waals surface area contributed by atoms with Crippen molar-refractivity contribution < 1.29 is 13.9 Å². The van der Waals surface area contributed by atoms with Crippen molar-refractivity contribution in [3.63, 3.8) is 0 Å². The summed E-state index contributed by atoms with van der Waals surface area (Å²) in [5.74, 6) is -0.430. The lowest BCUT2D eigenvalue weighted by Gasteiger charge is -2.08. The van der Waals surface area contributed by atoms with Crippen LogP contribution in [0.1, 0.15) is 18.5 Å². The lowest BCUT2D eigenvalue weighted by molar-refractivity contribution is -0.130. The first-order valence-corrected chi connectivity index (χ1v) is 6.25. The lowest BCUT2D eigenvalue weighted by Crippen LogP contribution is -2.33. The van der Waals surface area contributed by atoms with Gasteiger partial charge in [0.1, 0.15) is 17.6 Å². The molecule has 100 valence electrons. The highest BCUT2D eigenvalue weighted by atomic mass is 19.1. The number of ether oxygens (including phenoxy) is 1. The number of pyridine rings is 1. The Kier molecular flexibility index (Phi) is 3.16. The van der Waals surface area contributed by atoms with Gasteiger partial charge in [0.25, 0.3) is 0 Å². The fourth-order valence-corrected chi connectivity index (χ4v) is 2.18.